The van der Waals surface area contributed by atoms with Gasteiger partial charge in [0.15, 0.2) is 0 Å². The fourth-order valence-electron chi connectivity index (χ4n) is 1.66. The quantitative estimate of drug-likeness (QED) is 0.641. The van der Waals surface area contributed by atoms with Gasteiger partial charge in [-0.05, 0) is 17.7 Å². The summed E-state index contributed by atoms with van der Waals surface area (Å²) in [4.78, 5) is 0. The maximum Gasteiger partial charge on any atom is 0.0475 e. The van der Waals surface area contributed by atoms with Crippen LogP contribution in [0, 0.1) is 5.92 Å². The summed E-state index contributed by atoms with van der Waals surface area (Å²) in [7, 11) is 0. The zero-order valence-corrected chi connectivity index (χ0v) is 10.7. The van der Waals surface area contributed by atoms with E-state index >= 15 is 0 Å². The van der Waals surface area contributed by atoms with Crippen LogP contribution in [-0.4, -0.2) is 15.6 Å². The molecule has 1 nitrogen and oxygen atoms in total. The molecular weight excluding hydrogens is 343 g/mol. The highest BCUT2D eigenvalue weighted by atomic mass is 127. The second kappa shape index (κ2) is 3.87. The van der Waals surface area contributed by atoms with Gasteiger partial charge in [0.05, 0.1) is 0 Å². The molecule has 0 aromatic heterocycles. The van der Waals surface area contributed by atoms with Gasteiger partial charge in [-0.2, -0.15) is 0 Å². The standard InChI is InChI=1S/C10H10BrIO/c11-7-3-1-6(2-4-7)9-8(5-13)10(9)12/h1-4,8-10,13H,5H2/t8-,9-,10+/m1/s1. The van der Waals surface area contributed by atoms with Gasteiger partial charge < -0.3 is 5.11 Å². The summed E-state index contributed by atoms with van der Waals surface area (Å²) in [6, 6.07) is 8.39. The molecule has 0 saturated heterocycles. The summed E-state index contributed by atoms with van der Waals surface area (Å²) >= 11 is 5.83. The van der Waals surface area contributed by atoms with Crippen LogP contribution >= 0.6 is 38.5 Å². The predicted octanol–water partition coefficient (Wildman–Crippen LogP) is 2.96. The molecule has 1 aromatic rings. The monoisotopic (exact) mass is 352 g/mol. The molecule has 1 fully saturated rings. The van der Waals surface area contributed by atoms with E-state index in [-0.39, 0.29) is 0 Å². The van der Waals surface area contributed by atoms with Crippen molar-refractivity contribution in [3.05, 3.63) is 34.3 Å². The fraction of sp³-hybridized carbons (Fsp3) is 0.400. The van der Waals surface area contributed by atoms with Gasteiger partial charge in [-0.25, -0.2) is 0 Å². The summed E-state index contributed by atoms with van der Waals surface area (Å²) < 4.78 is 1.73. The van der Waals surface area contributed by atoms with Gasteiger partial charge in [-0.15, -0.1) is 0 Å². The van der Waals surface area contributed by atoms with Crippen molar-refractivity contribution in [3.63, 3.8) is 0 Å². The normalized spacial score (nSPS) is 31.8. The lowest BCUT2D eigenvalue weighted by Crippen LogP contribution is -1.88. The van der Waals surface area contributed by atoms with Crippen molar-refractivity contribution in [1.29, 1.82) is 0 Å². The average Bonchev–Trinajstić information content (AvgIpc) is 2.78. The van der Waals surface area contributed by atoms with E-state index in [1.165, 1.54) is 5.56 Å². The second-order valence-corrected chi connectivity index (χ2v) is 5.72. The second-order valence-electron chi connectivity index (χ2n) is 3.37. The Hall–Kier alpha value is 0.390. The van der Waals surface area contributed by atoms with Crippen LogP contribution in [0.1, 0.15) is 11.5 Å². The Morgan fingerprint density at radius 3 is 2.38 bits per heavy atom. The molecule has 2 rings (SSSR count). The molecule has 0 unspecified atom stereocenters. The Bertz CT molecular complexity index is 298. The van der Waals surface area contributed by atoms with Crippen molar-refractivity contribution < 1.29 is 5.11 Å². The number of halogens is 2. The summed E-state index contributed by atoms with van der Waals surface area (Å²) in [5.74, 6) is 1.04. The lowest BCUT2D eigenvalue weighted by atomic mass is 10.1. The number of benzene rings is 1. The van der Waals surface area contributed by atoms with E-state index in [1.807, 2.05) is 0 Å². The van der Waals surface area contributed by atoms with Crippen molar-refractivity contribution >= 4 is 38.5 Å². The molecule has 0 aliphatic heterocycles. The first-order chi connectivity index (χ1) is 6.24. The van der Waals surface area contributed by atoms with Gasteiger partial charge in [0, 0.05) is 26.8 Å². The molecule has 0 radical (unpaired) electrons. The Balaban J connectivity index is 2.15. The van der Waals surface area contributed by atoms with Crippen LogP contribution in [0.3, 0.4) is 0 Å². The molecule has 0 heterocycles. The molecular formula is C10H10BrIO. The lowest BCUT2D eigenvalue weighted by Gasteiger charge is -1.98. The summed E-state index contributed by atoms with van der Waals surface area (Å²) in [5, 5.41) is 9.05. The minimum Gasteiger partial charge on any atom is -0.396 e. The molecule has 13 heavy (non-hydrogen) atoms. The molecule has 1 N–H and O–H groups in total. The van der Waals surface area contributed by atoms with Crippen molar-refractivity contribution in [2.75, 3.05) is 6.61 Å². The molecule has 0 amide bonds. The maximum absolute atomic E-state index is 9.05. The summed E-state index contributed by atoms with van der Waals surface area (Å²) in [6.07, 6.45) is 0. The Labute approximate surface area is 99.8 Å². The van der Waals surface area contributed by atoms with E-state index in [2.05, 4.69) is 62.8 Å². The van der Waals surface area contributed by atoms with E-state index in [0.717, 1.165) is 4.47 Å². The minimum absolute atomic E-state index is 0.314. The first-order valence-electron chi connectivity index (χ1n) is 4.24. The van der Waals surface area contributed by atoms with Gasteiger partial charge in [-0.1, -0.05) is 50.7 Å². The molecule has 3 heteroatoms. The first-order valence-corrected chi connectivity index (χ1v) is 6.28. The number of alkyl halides is 1. The number of hydrogen-bond acceptors (Lipinski definition) is 1. The molecule has 1 aromatic carbocycles. The van der Waals surface area contributed by atoms with Crippen LogP contribution in [0.15, 0.2) is 28.7 Å². The fourth-order valence-corrected chi connectivity index (χ4v) is 3.31. The average molecular weight is 353 g/mol. The minimum atomic E-state index is 0.314. The third-order valence-corrected chi connectivity index (χ3v) is 4.77. The van der Waals surface area contributed by atoms with Gasteiger partial charge in [-0.3, -0.25) is 0 Å². The van der Waals surface area contributed by atoms with Crippen LogP contribution in [0.5, 0.6) is 0 Å². The van der Waals surface area contributed by atoms with Crippen LogP contribution < -0.4 is 0 Å². The molecule has 1 aliphatic carbocycles. The van der Waals surface area contributed by atoms with E-state index in [0.29, 0.717) is 22.4 Å². The van der Waals surface area contributed by atoms with Crippen molar-refractivity contribution in [3.8, 4) is 0 Å². The highest BCUT2D eigenvalue weighted by Gasteiger charge is 2.48. The van der Waals surface area contributed by atoms with E-state index in [4.69, 9.17) is 5.11 Å². The van der Waals surface area contributed by atoms with E-state index in [9.17, 15) is 0 Å². The summed E-state index contributed by atoms with van der Waals surface area (Å²) in [6.45, 7) is 0.314. The highest BCUT2D eigenvalue weighted by molar-refractivity contribution is 14.1. The highest BCUT2D eigenvalue weighted by Crippen LogP contribution is 2.52. The van der Waals surface area contributed by atoms with Gasteiger partial charge >= 0.3 is 0 Å². The molecule has 1 saturated carbocycles. The molecule has 3 atom stereocenters. The number of aliphatic hydroxyl groups is 1. The number of aliphatic hydroxyl groups excluding tert-OH is 1. The molecule has 0 spiro atoms. The number of hydrogen-bond donors (Lipinski definition) is 1. The topological polar surface area (TPSA) is 20.2 Å². The predicted molar refractivity (Wildman–Crippen MR) is 65.3 cm³/mol. The maximum atomic E-state index is 9.05. The van der Waals surface area contributed by atoms with Crippen molar-refractivity contribution in [2.24, 2.45) is 5.92 Å². The van der Waals surface area contributed by atoms with Gasteiger partial charge in [0.25, 0.3) is 0 Å². The van der Waals surface area contributed by atoms with Crippen LogP contribution in [0.4, 0.5) is 0 Å². The van der Waals surface area contributed by atoms with E-state index < -0.39 is 0 Å². The van der Waals surface area contributed by atoms with E-state index in [1.54, 1.807) is 0 Å². The Kier molecular flexibility index (Phi) is 2.95. The zero-order chi connectivity index (χ0) is 9.42. The zero-order valence-electron chi connectivity index (χ0n) is 6.95. The van der Waals surface area contributed by atoms with Crippen LogP contribution in [0.25, 0.3) is 0 Å². The summed E-state index contributed by atoms with van der Waals surface area (Å²) in [5.41, 5.74) is 1.35. The first kappa shape index (κ1) is 9.93. The Morgan fingerprint density at radius 2 is 1.92 bits per heavy atom. The van der Waals surface area contributed by atoms with Crippen LogP contribution in [-0.2, 0) is 0 Å². The third-order valence-electron chi connectivity index (χ3n) is 2.54. The van der Waals surface area contributed by atoms with Crippen molar-refractivity contribution in [2.45, 2.75) is 9.84 Å². The van der Waals surface area contributed by atoms with Gasteiger partial charge in [0.2, 0.25) is 0 Å². The molecule has 70 valence electrons. The largest absolute Gasteiger partial charge is 0.396 e. The lowest BCUT2D eigenvalue weighted by molar-refractivity contribution is 0.275. The Morgan fingerprint density at radius 1 is 1.31 bits per heavy atom. The van der Waals surface area contributed by atoms with Crippen LogP contribution in [0.2, 0.25) is 0 Å². The number of rotatable bonds is 2. The van der Waals surface area contributed by atoms with Gasteiger partial charge in [0.1, 0.15) is 0 Å². The van der Waals surface area contributed by atoms with Crippen molar-refractivity contribution in [1.82, 2.24) is 0 Å². The molecule has 0 bridgehead atoms. The SMILES string of the molecule is OC[C@H]1[C@H](I)[C@@H]1c1ccc(Br)cc1. The third kappa shape index (κ3) is 1.92. The smallest absolute Gasteiger partial charge is 0.0475 e. The molecule has 1 aliphatic rings.